The van der Waals surface area contributed by atoms with Gasteiger partial charge in [-0.05, 0) is 112 Å². The molecule has 0 unspecified atom stereocenters. The first-order valence-corrected chi connectivity index (χ1v) is 23.2. The fraction of sp³-hybridized carbons (Fsp3) is 0. The number of para-hydroxylation sites is 5. The number of benzene rings is 11. The Bertz CT molecular complexity index is 4230. The highest BCUT2D eigenvalue weighted by molar-refractivity contribution is 6.18. The first kappa shape index (κ1) is 38.2. The number of aromatic nitrogens is 1. The van der Waals surface area contributed by atoms with E-state index in [2.05, 4.69) is 240 Å². The number of nitrogens with zero attached hydrogens (tertiary/aromatic N) is 2. The second kappa shape index (κ2) is 15.2. The SMILES string of the molecule is c1cc(-c2cccc3c2oc2ccccc23)cc(N(c2ccc(-c3ccc4ccccc4c3)cc2)c2ccc(-c3cccc(-n4c5ccccc5c5ccccc54)c3)c3oc4ccccc4c23)c1. The van der Waals surface area contributed by atoms with Crippen LogP contribution in [0, 0.1) is 0 Å². The first-order valence-electron chi connectivity index (χ1n) is 23.2. The molecule has 0 spiro atoms. The van der Waals surface area contributed by atoms with Crippen molar-refractivity contribution in [1.82, 2.24) is 4.57 Å². The van der Waals surface area contributed by atoms with E-state index in [4.69, 9.17) is 8.83 Å². The second-order valence-corrected chi connectivity index (χ2v) is 17.6. The van der Waals surface area contributed by atoms with Gasteiger partial charge in [-0.25, -0.2) is 0 Å². The lowest BCUT2D eigenvalue weighted by atomic mass is 9.98. The summed E-state index contributed by atoms with van der Waals surface area (Å²) in [5.41, 5.74) is 16.5. The van der Waals surface area contributed by atoms with Gasteiger partial charge in [0, 0.05) is 55.1 Å². The van der Waals surface area contributed by atoms with Crippen molar-refractivity contribution in [3.8, 4) is 39.1 Å². The number of furan rings is 2. The maximum atomic E-state index is 7.01. The van der Waals surface area contributed by atoms with Crippen molar-refractivity contribution in [3.05, 3.63) is 243 Å². The van der Waals surface area contributed by atoms with E-state index in [-0.39, 0.29) is 0 Å². The maximum absolute atomic E-state index is 7.01. The van der Waals surface area contributed by atoms with Gasteiger partial charge in [-0.2, -0.15) is 0 Å². The number of fused-ring (bicyclic) bond motifs is 10. The molecular weight excluding hydrogens is 829 g/mol. The molecule has 0 aliphatic carbocycles. The van der Waals surface area contributed by atoms with Crippen molar-refractivity contribution < 1.29 is 8.83 Å². The predicted molar refractivity (Wildman–Crippen MR) is 284 cm³/mol. The van der Waals surface area contributed by atoms with E-state index >= 15 is 0 Å². The molecule has 4 heteroatoms. The van der Waals surface area contributed by atoms with Crippen LogP contribution in [0.15, 0.2) is 251 Å². The van der Waals surface area contributed by atoms with Crippen molar-refractivity contribution in [2.75, 3.05) is 4.90 Å². The summed E-state index contributed by atoms with van der Waals surface area (Å²) in [4.78, 5) is 2.38. The number of hydrogen-bond donors (Lipinski definition) is 0. The number of hydrogen-bond acceptors (Lipinski definition) is 3. The zero-order valence-electron chi connectivity index (χ0n) is 36.8. The van der Waals surface area contributed by atoms with Crippen LogP contribution in [0.5, 0.6) is 0 Å². The lowest BCUT2D eigenvalue weighted by Gasteiger charge is -2.27. The van der Waals surface area contributed by atoms with E-state index < -0.39 is 0 Å². The molecule has 3 heterocycles. The highest BCUT2D eigenvalue weighted by atomic mass is 16.3. The van der Waals surface area contributed by atoms with Gasteiger partial charge in [0.25, 0.3) is 0 Å². The molecule has 14 rings (SSSR count). The lowest BCUT2D eigenvalue weighted by Crippen LogP contribution is -2.10. The van der Waals surface area contributed by atoms with Gasteiger partial charge in [-0.3, -0.25) is 0 Å². The maximum Gasteiger partial charge on any atom is 0.145 e. The van der Waals surface area contributed by atoms with Crippen LogP contribution in [0.4, 0.5) is 17.1 Å². The molecule has 0 bridgehead atoms. The summed E-state index contributed by atoms with van der Waals surface area (Å²) in [6.07, 6.45) is 0. The van der Waals surface area contributed by atoms with Crippen LogP contribution in [0.1, 0.15) is 0 Å². The monoisotopic (exact) mass is 868 g/mol. The first-order chi connectivity index (χ1) is 33.7. The highest BCUT2D eigenvalue weighted by Gasteiger charge is 2.24. The van der Waals surface area contributed by atoms with E-state index in [9.17, 15) is 0 Å². The summed E-state index contributed by atoms with van der Waals surface area (Å²) in [6, 6.07) is 86.9. The Morgan fingerprint density at radius 2 is 0.912 bits per heavy atom. The summed E-state index contributed by atoms with van der Waals surface area (Å²) in [5.74, 6) is 0. The molecule has 0 aliphatic rings. The average Bonchev–Trinajstić information content (AvgIpc) is 4.09. The Kier molecular flexibility index (Phi) is 8.55. The predicted octanol–water partition coefficient (Wildman–Crippen LogP) is 18.2. The lowest BCUT2D eigenvalue weighted by molar-refractivity contribution is 0.669. The molecule has 0 N–H and O–H groups in total. The van der Waals surface area contributed by atoms with Crippen LogP contribution < -0.4 is 4.90 Å². The second-order valence-electron chi connectivity index (χ2n) is 17.6. The molecule has 0 atom stereocenters. The molecule has 0 fully saturated rings. The minimum absolute atomic E-state index is 0.837. The quantitative estimate of drug-likeness (QED) is 0.160. The van der Waals surface area contributed by atoms with E-state index in [0.29, 0.717) is 0 Å². The van der Waals surface area contributed by atoms with Crippen molar-refractivity contribution in [2.24, 2.45) is 0 Å². The molecule has 3 aromatic heterocycles. The molecule has 0 saturated heterocycles. The Morgan fingerprint density at radius 1 is 0.324 bits per heavy atom. The molecule has 0 aliphatic heterocycles. The minimum atomic E-state index is 0.837. The van der Waals surface area contributed by atoms with Crippen molar-refractivity contribution >= 4 is 93.5 Å². The van der Waals surface area contributed by atoms with Gasteiger partial charge in [0.15, 0.2) is 0 Å². The van der Waals surface area contributed by atoms with Crippen molar-refractivity contribution in [1.29, 1.82) is 0 Å². The van der Waals surface area contributed by atoms with Crippen LogP contribution in [0.2, 0.25) is 0 Å². The zero-order valence-corrected chi connectivity index (χ0v) is 36.8. The van der Waals surface area contributed by atoms with E-state index in [1.54, 1.807) is 0 Å². The molecule has 0 saturated carbocycles. The molecule has 4 nitrogen and oxygen atoms in total. The Balaban J connectivity index is 0.968. The van der Waals surface area contributed by atoms with Gasteiger partial charge in [0.2, 0.25) is 0 Å². The normalized spacial score (nSPS) is 11.8. The van der Waals surface area contributed by atoms with Crippen LogP contribution in [-0.2, 0) is 0 Å². The molecule has 0 radical (unpaired) electrons. The molecular formula is C64H40N2O2. The third kappa shape index (κ3) is 6.01. The van der Waals surface area contributed by atoms with Gasteiger partial charge < -0.3 is 18.3 Å². The number of rotatable bonds is 7. The molecule has 14 aromatic rings. The smallest absolute Gasteiger partial charge is 0.145 e. The fourth-order valence-corrected chi connectivity index (χ4v) is 10.6. The van der Waals surface area contributed by atoms with E-state index in [1.807, 2.05) is 12.1 Å². The van der Waals surface area contributed by atoms with Crippen LogP contribution in [0.3, 0.4) is 0 Å². The summed E-state index contributed by atoms with van der Waals surface area (Å²) < 4.78 is 16.0. The van der Waals surface area contributed by atoms with Gasteiger partial charge in [-0.15, -0.1) is 0 Å². The van der Waals surface area contributed by atoms with Gasteiger partial charge in [0.1, 0.15) is 22.3 Å². The zero-order chi connectivity index (χ0) is 44.7. The van der Waals surface area contributed by atoms with E-state index in [0.717, 1.165) is 94.4 Å². The fourth-order valence-electron chi connectivity index (χ4n) is 10.6. The topological polar surface area (TPSA) is 34.5 Å². The molecule has 0 amide bonds. The Hall–Kier alpha value is -9.12. The largest absolute Gasteiger partial charge is 0.455 e. The van der Waals surface area contributed by atoms with Crippen LogP contribution in [-0.4, -0.2) is 4.57 Å². The van der Waals surface area contributed by atoms with E-state index in [1.165, 1.54) is 38.1 Å². The third-order valence-corrected chi connectivity index (χ3v) is 13.8. The van der Waals surface area contributed by atoms with Crippen LogP contribution in [0.25, 0.3) is 116 Å². The molecule has 68 heavy (non-hydrogen) atoms. The Morgan fingerprint density at radius 3 is 1.71 bits per heavy atom. The summed E-state index contributed by atoms with van der Waals surface area (Å²) in [5, 5.41) is 9.25. The summed E-state index contributed by atoms with van der Waals surface area (Å²) >= 11 is 0. The Labute approximate surface area is 391 Å². The minimum Gasteiger partial charge on any atom is -0.455 e. The van der Waals surface area contributed by atoms with Crippen molar-refractivity contribution in [2.45, 2.75) is 0 Å². The number of anilines is 3. The highest BCUT2D eigenvalue weighted by Crippen LogP contribution is 2.48. The van der Waals surface area contributed by atoms with Gasteiger partial charge in [0.05, 0.1) is 22.1 Å². The standard InChI is InChI=1S/C64H40N2O2/c1-2-15-43-38-44(31-30-41(43)14-1)42-32-34-47(35-33-42)65(48-18-11-16-45(39-48)50-24-13-25-55-54-22-5-9-28-60(54)67-63(50)55)59-37-36-51(64-62(59)56-23-6-10-29-61(56)68-64)46-17-12-19-49(40-46)66-57-26-7-3-20-52(57)53-21-4-8-27-58(53)66/h1-40H. The average molecular weight is 869 g/mol. The third-order valence-electron chi connectivity index (χ3n) is 13.8. The molecule has 318 valence electrons. The molecule has 11 aromatic carbocycles. The van der Waals surface area contributed by atoms with Gasteiger partial charge in [-0.1, -0.05) is 164 Å². The summed E-state index contributed by atoms with van der Waals surface area (Å²) in [6.45, 7) is 0. The van der Waals surface area contributed by atoms with Gasteiger partial charge >= 0.3 is 0 Å². The summed E-state index contributed by atoms with van der Waals surface area (Å²) in [7, 11) is 0. The van der Waals surface area contributed by atoms with Crippen LogP contribution >= 0.6 is 0 Å². The van der Waals surface area contributed by atoms with Crippen molar-refractivity contribution in [3.63, 3.8) is 0 Å².